The number of rotatable bonds is 3. The molecular weight excluding hydrogens is 238 g/mol. The molecule has 0 bridgehead atoms. The first-order valence-corrected chi connectivity index (χ1v) is 6.19. The molecule has 0 fully saturated rings. The van der Waals surface area contributed by atoms with E-state index in [0.717, 1.165) is 17.4 Å². The summed E-state index contributed by atoms with van der Waals surface area (Å²) in [5.74, 6) is -0.0922. The van der Waals surface area contributed by atoms with Crippen LogP contribution >= 0.6 is 0 Å². The Bertz CT molecular complexity index is 746. The molecule has 2 heterocycles. The zero-order valence-electron chi connectivity index (χ0n) is 10.6. The van der Waals surface area contributed by atoms with Crippen molar-refractivity contribution in [2.75, 3.05) is 0 Å². The van der Waals surface area contributed by atoms with Gasteiger partial charge < -0.3 is 4.57 Å². The van der Waals surface area contributed by atoms with Crippen molar-refractivity contribution in [1.29, 1.82) is 0 Å². The van der Waals surface area contributed by atoms with E-state index in [4.69, 9.17) is 0 Å². The Balaban J connectivity index is 2.01. The Morgan fingerprint density at radius 3 is 2.89 bits per heavy atom. The fourth-order valence-electron chi connectivity index (χ4n) is 1.99. The lowest BCUT2D eigenvalue weighted by Crippen LogP contribution is -2.02. The van der Waals surface area contributed by atoms with Crippen LogP contribution in [0.25, 0.3) is 10.9 Å². The van der Waals surface area contributed by atoms with Gasteiger partial charge in [-0.05, 0) is 19.1 Å². The summed E-state index contributed by atoms with van der Waals surface area (Å²) in [5, 5.41) is 0.961. The number of ketones is 1. The maximum Gasteiger partial charge on any atom is 0.214 e. The minimum atomic E-state index is -0.0922. The van der Waals surface area contributed by atoms with Gasteiger partial charge in [0.05, 0.1) is 11.8 Å². The number of aryl methyl sites for hydroxylation is 1. The number of hydrogen-bond acceptors (Lipinski definition) is 3. The van der Waals surface area contributed by atoms with Crippen LogP contribution in [0.4, 0.5) is 0 Å². The highest BCUT2D eigenvalue weighted by molar-refractivity contribution is 6.08. The van der Waals surface area contributed by atoms with Gasteiger partial charge in [-0.1, -0.05) is 18.2 Å². The van der Waals surface area contributed by atoms with Gasteiger partial charge >= 0.3 is 0 Å². The van der Waals surface area contributed by atoms with Crippen LogP contribution in [0.3, 0.4) is 0 Å². The van der Waals surface area contributed by atoms with E-state index in [0.29, 0.717) is 11.3 Å². The molecule has 0 aliphatic carbocycles. The summed E-state index contributed by atoms with van der Waals surface area (Å²) in [6.07, 6.45) is 5.04. The molecule has 0 saturated carbocycles. The van der Waals surface area contributed by atoms with Crippen molar-refractivity contribution in [1.82, 2.24) is 14.5 Å². The smallest absolute Gasteiger partial charge is 0.214 e. The average molecular weight is 251 g/mol. The van der Waals surface area contributed by atoms with Crippen molar-refractivity contribution in [3.63, 3.8) is 0 Å². The number of fused-ring (bicyclic) bond motifs is 1. The molecule has 4 heteroatoms. The highest BCUT2D eigenvalue weighted by Crippen LogP contribution is 2.15. The van der Waals surface area contributed by atoms with Gasteiger partial charge in [0, 0.05) is 29.9 Å². The van der Waals surface area contributed by atoms with Gasteiger partial charge in [0.15, 0.2) is 0 Å². The van der Waals surface area contributed by atoms with Gasteiger partial charge in [-0.25, -0.2) is 4.98 Å². The van der Waals surface area contributed by atoms with Crippen LogP contribution in [0.5, 0.6) is 0 Å². The zero-order valence-corrected chi connectivity index (χ0v) is 10.6. The van der Waals surface area contributed by atoms with Crippen LogP contribution in [0.1, 0.15) is 23.0 Å². The molecule has 0 aliphatic rings. The van der Waals surface area contributed by atoms with Gasteiger partial charge in [-0.15, -0.1) is 0 Å². The minimum Gasteiger partial charge on any atom is -0.337 e. The predicted molar refractivity (Wildman–Crippen MR) is 73.1 cm³/mol. The Morgan fingerprint density at radius 2 is 2.11 bits per heavy atom. The van der Waals surface area contributed by atoms with Gasteiger partial charge in [0.2, 0.25) is 5.78 Å². The van der Waals surface area contributed by atoms with Gasteiger partial charge in [0.25, 0.3) is 0 Å². The number of carbonyl (C=O) groups is 1. The molecule has 19 heavy (non-hydrogen) atoms. The third-order valence-corrected chi connectivity index (χ3v) is 3.08. The summed E-state index contributed by atoms with van der Waals surface area (Å²) in [4.78, 5) is 20.7. The van der Waals surface area contributed by atoms with Crippen LogP contribution in [0.15, 0.2) is 49.1 Å². The summed E-state index contributed by atoms with van der Waals surface area (Å²) in [6.45, 7) is 2.81. The number of benzene rings is 1. The molecule has 1 aromatic carbocycles. The Labute approximate surface area is 110 Å². The van der Waals surface area contributed by atoms with Crippen LogP contribution in [0, 0.1) is 0 Å². The van der Waals surface area contributed by atoms with Crippen LogP contribution in [-0.2, 0) is 6.54 Å². The Kier molecular flexibility index (Phi) is 2.83. The minimum absolute atomic E-state index is 0.0922. The van der Waals surface area contributed by atoms with Crippen LogP contribution in [-0.4, -0.2) is 20.3 Å². The largest absolute Gasteiger partial charge is 0.337 e. The normalized spacial score (nSPS) is 10.8. The van der Waals surface area contributed by atoms with Crippen molar-refractivity contribution in [3.05, 3.63) is 60.3 Å². The molecule has 0 amide bonds. The number of carbonyl (C=O) groups excluding carboxylic acids is 1. The van der Waals surface area contributed by atoms with E-state index in [-0.39, 0.29) is 5.78 Å². The van der Waals surface area contributed by atoms with Crippen molar-refractivity contribution >= 4 is 16.7 Å². The van der Waals surface area contributed by atoms with E-state index < -0.39 is 0 Å². The molecule has 0 aliphatic heterocycles. The summed E-state index contributed by atoms with van der Waals surface area (Å²) in [5.41, 5.74) is 1.91. The van der Waals surface area contributed by atoms with E-state index in [1.54, 1.807) is 18.7 Å². The first-order chi connectivity index (χ1) is 9.28. The predicted octanol–water partition coefficient (Wildman–Crippen LogP) is 2.68. The number of nitrogens with zero attached hydrogens (tertiary/aromatic N) is 3. The molecule has 0 spiro atoms. The van der Waals surface area contributed by atoms with E-state index in [9.17, 15) is 4.79 Å². The second kappa shape index (κ2) is 4.65. The van der Waals surface area contributed by atoms with Gasteiger partial charge in [-0.3, -0.25) is 9.78 Å². The maximum atomic E-state index is 12.3. The van der Waals surface area contributed by atoms with E-state index in [1.165, 1.54) is 0 Å². The van der Waals surface area contributed by atoms with E-state index in [1.807, 2.05) is 41.8 Å². The third kappa shape index (κ3) is 2.12. The maximum absolute atomic E-state index is 12.3. The molecule has 3 aromatic rings. The van der Waals surface area contributed by atoms with E-state index in [2.05, 4.69) is 9.97 Å². The highest BCUT2D eigenvalue weighted by Gasteiger charge is 2.12. The topological polar surface area (TPSA) is 47.8 Å². The summed E-state index contributed by atoms with van der Waals surface area (Å²) < 4.78 is 1.88. The Hall–Kier alpha value is -2.49. The van der Waals surface area contributed by atoms with E-state index >= 15 is 0 Å². The summed E-state index contributed by atoms with van der Waals surface area (Å²) in [6, 6.07) is 9.60. The van der Waals surface area contributed by atoms with Crippen molar-refractivity contribution in [2.24, 2.45) is 0 Å². The number of para-hydroxylation sites is 1. The average Bonchev–Trinajstić information content (AvgIpc) is 2.95. The van der Waals surface area contributed by atoms with Crippen molar-refractivity contribution in [2.45, 2.75) is 13.5 Å². The standard InChI is InChI=1S/C15H13N3O/c1-2-18-9-14(17-10-18)15(19)12-7-11-5-3-4-6-13(11)16-8-12/h3-10H,2H2,1H3. The summed E-state index contributed by atoms with van der Waals surface area (Å²) >= 11 is 0. The summed E-state index contributed by atoms with van der Waals surface area (Å²) in [7, 11) is 0. The van der Waals surface area contributed by atoms with Gasteiger partial charge in [-0.2, -0.15) is 0 Å². The SMILES string of the molecule is CCn1cnc(C(=O)c2cnc3ccccc3c2)c1. The molecule has 94 valence electrons. The van der Waals surface area contributed by atoms with Gasteiger partial charge in [0.1, 0.15) is 5.69 Å². The molecule has 4 nitrogen and oxygen atoms in total. The molecule has 2 aromatic heterocycles. The molecule has 0 N–H and O–H groups in total. The monoisotopic (exact) mass is 251 g/mol. The second-order valence-corrected chi connectivity index (χ2v) is 4.34. The fourth-order valence-corrected chi connectivity index (χ4v) is 1.99. The lowest BCUT2D eigenvalue weighted by atomic mass is 10.1. The number of pyridine rings is 1. The lowest BCUT2D eigenvalue weighted by Gasteiger charge is -2.00. The molecule has 0 unspecified atom stereocenters. The molecule has 3 rings (SSSR count). The quantitative estimate of drug-likeness (QED) is 0.672. The third-order valence-electron chi connectivity index (χ3n) is 3.08. The number of aromatic nitrogens is 3. The lowest BCUT2D eigenvalue weighted by molar-refractivity contribution is 0.103. The zero-order chi connectivity index (χ0) is 13.2. The molecule has 0 saturated heterocycles. The van der Waals surface area contributed by atoms with Crippen molar-refractivity contribution < 1.29 is 4.79 Å². The molecule has 0 atom stereocenters. The number of imidazole rings is 1. The number of hydrogen-bond donors (Lipinski definition) is 0. The first-order valence-electron chi connectivity index (χ1n) is 6.19. The first kappa shape index (κ1) is 11.6. The fraction of sp³-hybridized carbons (Fsp3) is 0.133. The highest BCUT2D eigenvalue weighted by atomic mass is 16.1. The molecule has 0 radical (unpaired) electrons. The van der Waals surface area contributed by atoms with Crippen molar-refractivity contribution in [3.8, 4) is 0 Å². The molecular formula is C15H13N3O. The van der Waals surface area contributed by atoms with Crippen LogP contribution < -0.4 is 0 Å². The van der Waals surface area contributed by atoms with Crippen LogP contribution in [0.2, 0.25) is 0 Å². The Morgan fingerprint density at radius 1 is 1.26 bits per heavy atom. The second-order valence-electron chi connectivity index (χ2n) is 4.34.